The molecule has 3 aromatic heterocycles. The molecule has 9 heteroatoms. The first-order valence-electron chi connectivity index (χ1n) is 7.85. The van der Waals surface area contributed by atoms with Crippen LogP contribution in [-0.4, -0.2) is 37.9 Å². The van der Waals surface area contributed by atoms with Crippen molar-refractivity contribution in [2.75, 3.05) is 12.4 Å². The summed E-state index contributed by atoms with van der Waals surface area (Å²) in [5.41, 5.74) is 3.51. The second-order valence-electron chi connectivity index (χ2n) is 5.78. The molecule has 0 aliphatic rings. The van der Waals surface area contributed by atoms with Gasteiger partial charge in [0.25, 0.3) is 5.91 Å². The Morgan fingerprint density at radius 3 is 2.85 bits per heavy atom. The summed E-state index contributed by atoms with van der Waals surface area (Å²) in [4.78, 5) is 20.0. The maximum atomic E-state index is 12.4. The van der Waals surface area contributed by atoms with E-state index < -0.39 is 0 Å². The fraction of sp³-hybridized carbons (Fsp3) is 0.176. The molecule has 26 heavy (non-hydrogen) atoms. The van der Waals surface area contributed by atoms with Crippen LogP contribution in [0.25, 0.3) is 22.2 Å². The summed E-state index contributed by atoms with van der Waals surface area (Å²) in [7, 11) is 3.43. The average molecular weight is 352 g/mol. The van der Waals surface area contributed by atoms with E-state index in [1.807, 2.05) is 25.4 Å². The Balaban J connectivity index is 1.78. The molecule has 0 aliphatic heterocycles. The van der Waals surface area contributed by atoms with Crippen LogP contribution in [0.5, 0.6) is 5.75 Å². The number of rotatable bonds is 4. The number of nitrogens with zero attached hydrogens (tertiary/aromatic N) is 4. The van der Waals surface area contributed by atoms with Gasteiger partial charge in [0.1, 0.15) is 28.1 Å². The Kier molecular flexibility index (Phi) is 3.68. The Morgan fingerprint density at radius 1 is 1.35 bits per heavy atom. The van der Waals surface area contributed by atoms with Crippen molar-refractivity contribution in [2.45, 2.75) is 6.92 Å². The van der Waals surface area contributed by atoms with E-state index in [0.717, 1.165) is 11.1 Å². The number of anilines is 1. The highest BCUT2D eigenvalue weighted by molar-refractivity contribution is 6.05. The largest absolute Gasteiger partial charge is 0.494 e. The summed E-state index contributed by atoms with van der Waals surface area (Å²) in [6.07, 6.45) is 5.03. The second-order valence-corrected chi connectivity index (χ2v) is 5.78. The fourth-order valence-electron chi connectivity index (χ4n) is 2.78. The van der Waals surface area contributed by atoms with Crippen LogP contribution in [-0.2, 0) is 7.05 Å². The van der Waals surface area contributed by atoms with Gasteiger partial charge in [-0.05, 0) is 19.1 Å². The van der Waals surface area contributed by atoms with E-state index in [9.17, 15) is 4.79 Å². The fourth-order valence-corrected chi connectivity index (χ4v) is 2.78. The maximum absolute atomic E-state index is 12.4. The SMILES string of the molecule is COc1ccc(-c2cnn(C)c2)c2nc(NC(=O)c3cnoc3C)[nH]c12. The summed E-state index contributed by atoms with van der Waals surface area (Å²) in [6, 6.07) is 3.76. The molecule has 0 saturated heterocycles. The van der Waals surface area contributed by atoms with Gasteiger partial charge in [-0.1, -0.05) is 5.16 Å². The average Bonchev–Trinajstić information content (AvgIpc) is 3.33. The molecule has 1 aromatic carbocycles. The topological polar surface area (TPSA) is 111 Å². The molecule has 4 rings (SSSR count). The molecular formula is C17H16N6O3. The lowest BCUT2D eigenvalue weighted by Gasteiger charge is -2.04. The molecule has 0 fully saturated rings. The van der Waals surface area contributed by atoms with E-state index in [4.69, 9.17) is 9.26 Å². The number of methoxy groups -OCH3 is 1. The lowest BCUT2D eigenvalue weighted by atomic mass is 10.1. The van der Waals surface area contributed by atoms with Crippen molar-refractivity contribution in [1.29, 1.82) is 0 Å². The maximum Gasteiger partial charge on any atom is 0.263 e. The van der Waals surface area contributed by atoms with Gasteiger partial charge in [-0.3, -0.25) is 14.8 Å². The van der Waals surface area contributed by atoms with Gasteiger partial charge in [0, 0.05) is 24.4 Å². The minimum Gasteiger partial charge on any atom is -0.494 e. The number of ether oxygens (including phenoxy) is 1. The third kappa shape index (κ3) is 2.59. The first kappa shape index (κ1) is 15.9. The van der Waals surface area contributed by atoms with Crippen LogP contribution in [0.4, 0.5) is 5.95 Å². The van der Waals surface area contributed by atoms with Crippen LogP contribution >= 0.6 is 0 Å². The van der Waals surface area contributed by atoms with Gasteiger partial charge in [0.2, 0.25) is 5.95 Å². The molecule has 132 valence electrons. The smallest absolute Gasteiger partial charge is 0.263 e. The molecule has 1 amide bonds. The monoisotopic (exact) mass is 352 g/mol. The summed E-state index contributed by atoms with van der Waals surface area (Å²) in [6.45, 7) is 1.67. The molecule has 4 aromatic rings. The normalized spacial score (nSPS) is 11.0. The highest BCUT2D eigenvalue weighted by Crippen LogP contribution is 2.33. The Labute approximate surface area is 148 Å². The zero-order valence-corrected chi connectivity index (χ0v) is 14.4. The lowest BCUT2D eigenvalue weighted by Crippen LogP contribution is -2.13. The van der Waals surface area contributed by atoms with Crippen molar-refractivity contribution in [3.8, 4) is 16.9 Å². The Morgan fingerprint density at radius 2 is 2.19 bits per heavy atom. The number of aryl methyl sites for hydroxylation is 2. The van der Waals surface area contributed by atoms with Crippen LogP contribution in [0.15, 0.2) is 35.2 Å². The number of nitrogens with one attached hydrogen (secondary N) is 2. The van der Waals surface area contributed by atoms with Gasteiger partial charge in [0.05, 0.1) is 19.5 Å². The first-order valence-corrected chi connectivity index (χ1v) is 7.85. The molecule has 0 spiro atoms. The first-order chi connectivity index (χ1) is 12.6. The van der Waals surface area contributed by atoms with E-state index in [1.165, 1.54) is 6.20 Å². The highest BCUT2D eigenvalue weighted by Gasteiger charge is 2.18. The number of hydrogen-bond acceptors (Lipinski definition) is 6. The van der Waals surface area contributed by atoms with E-state index >= 15 is 0 Å². The van der Waals surface area contributed by atoms with Gasteiger partial charge < -0.3 is 14.2 Å². The zero-order chi connectivity index (χ0) is 18.3. The second kappa shape index (κ2) is 6.03. The molecule has 0 atom stereocenters. The highest BCUT2D eigenvalue weighted by atomic mass is 16.5. The minimum atomic E-state index is -0.357. The van der Waals surface area contributed by atoms with Gasteiger partial charge >= 0.3 is 0 Å². The molecule has 0 unspecified atom stereocenters. The van der Waals surface area contributed by atoms with Crippen LogP contribution in [0.2, 0.25) is 0 Å². The van der Waals surface area contributed by atoms with Gasteiger partial charge in [-0.25, -0.2) is 4.98 Å². The van der Waals surface area contributed by atoms with Crippen molar-refractivity contribution >= 4 is 22.9 Å². The number of imidazole rings is 1. The molecule has 3 heterocycles. The van der Waals surface area contributed by atoms with Crippen LogP contribution in [0.1, 0.15) is 16.1 Å². The van der Waals surface area contributed by atoms with Crippen molar-refractivity contribution in [2.24, 2.45) is 7.05 Å². The molecule has 9 nitrogen and oxygen atoms in total. The number of H-pyrrole nitrogens is 1. The number of carbonyl (C=O) groups excluding carboxylic acids is 1. The number of hydrogen-bond donors (Lipinski definition) is 2. The van der Waals surface area contributed by atoms with Crippen molar-refractivity contribution in [3.05, 3.63) is 42.0 Å². The van der Waals surface area contributed by atoms with E-state index in [2.05, 4.69) is 25.5 Å². The predicted molar refractivity (Wildman–Crippen MR) is 94.0 cm³/mol. The molecule has 0 aliphatic carbocycles. The number of carbonyl (C=O) groups is 1. The van der Waals surface area contributed by atoms with Crippen molar-refractivity contribution < 1.29 is 14.1 Å². The standard InChI is InChI=1S/C17H16N6O3/c1-9-12(7-19-26-9)16(24)22-17-20-14-11(10-6-18-23(2)8-10)4-5-13(25-3)15(14)21-17/h4-8H,1-3H3,(H2,20,21,22,24). The third-order valence-electron chi connectivity index (χ3n) is 4.07. The van der Waals surface area contributed by atoms with Gasteiger partial charge in [-0.15, -0.1) is 0 Å². The van der Waals surface area contributed by atoms with Crippen molar-refractivity contribution in [3.63, 3.8) is 0 Å². The van der Waals surface area contributed by atoms with Gasteiger partial charge in [-0.2, -0.15) is 5.10 Å². The summed E-state index contributed by atoms with van der Waals surface area (Å²) >= 11 is 0. The molecule has 0 radical (unpaired) electrons. The summed E-state index contributed by atoms with van der Waals surface area (Å²) in [5.74, 6) is 1.01. The molecule has 0 saturated carbocycles. The van der Waals surface area contributed by atoms with Crippen LogP contribution in [0.3, 0.4) is 0 Å². The minimum absolute atomic E-state index is 0.306. The molecule has 0 bridgehead atoms. The Hall–Kier alpha value is -3.62. The number of benzene rings is 1. The number of fused-ring (bicyclic) bond motifs is 1. The van der Waals surface area contributed by atoms with E-state index in [1.54, 1.807) is 24.9 Å². The van der Waals surface area contributed by atoms with Crippen molar-refractivity contribution in [1.82, 2.24) is 24.9 Å². The summed E-state index contributed by atoms with van der Waals surface area (Å²) < 4.78 is 12.0. The van der Waals surface area contributed by atoms with Gasteiger partial charge in [0.15, 0.2) is 0 Å². The van der Waals surface area contributed by atoms with E-state index in [0.29, 0.717) is 34.1 Å². The molecule has 2 N–H and O–H groups in total. The zero-order valence-electron chi connectivity index (χ0n) is 14.4. The molecular weight excluding hydrogens is 336 g/mol. The summed E-state index contributed by atoms with van der Waals surface area (Å²) in [5, 5.41) is 10.5. The quantitative estimate of drug-likeness (QED) is 0.584. The Bertz CT molecular complexity index is 1110. The number of aromatic nitrogens is 5. The van der Waals surface area contributed by atoms with E-state index in [-0.39, 0.29) is 5.91 Å². The number of aromatic amines is 1. The number of amides is 1. The van der Waals surface area contributed by atoms with Crippen LogP contribution in [0, 0.1) is 6.92 Å². The third-order valence-corrected chi connectivity index (χ3v) is 4.07. The lowest BCUT2D eigenvalue weighted by molar-refractivity contribution is 0.102. The van der Waals surface area contributed by atoms with Crippen LogP contribution < -0.4 is 10.1 Å². The predicted octanol–water partition coefficient (Wildman–Crippen LogP) is 2.52.